The SMILES string of the molecule is CC(C)OC(=O)[C@H](Cc1ccccc1O)N[PH](C)=O. The Morgan fingerprint density at radius 2 is 2.05 bits per heavy atom. The number of hydrogen-bond donors (Lipinski definition) is 2. The highest BCUT2D eigenvalue weighted by atomic mass is 31.1. The van der Waals surface area contributed by atoms with Crippen molar-refractivity contribution in [3.63, 3.8) is 0 Å². The maximum Gasteiger partial charge on any atom is 0.324 e. The molecule has 0 amide bonds. The number of rotatable bonds is 6. The maximum atomic E-state index is 11.9. The summed E-state index contributed by atoms with van der Waals surface area (Å²) in [6.45, 7) is 5.03. The van der Waals surface area contributed by atoms with Gasteiger partial charge in [0.2, 0.25) is 0 Å². The first-order chi connectivity index (χ1) is 8.90. The Hall–Kier alpha value is -1.32. The van der Waals surface area contributed by atoms with Gasteiger partial charge in [-0.3, -0.25) is 9.88 Å². The van der Waals surface area contributed by atoms with Crippen LogP contribution in [0.1, 0.15) is 19.4 Å². The minimum absolute atomic E-state index is 0.113. The molecule has 0 fully saturated rings. The third kappa shape index (κ3) is 5.45. The van der Waals surface area contributed by atoms with E-state index in [9.17, 15) is 14.5 Å². The van der Waals surface area contributed by atoms with Crippen LogP contribution in [-0.2, 0) is 20.5 Å². The number of benzene rings is 1. The normalized spacial score (nSPS) is 14.1. The number of carbonyl (C=O) groups excluding carboxylic acids is 1. The molecule has 1 rings (SSSR count). The summed E-state index contributed by atoms with van der Waals surface area (Å²) in [4.78, 5) is 11.9. The third-order valence-electron chi connectivity index (χ3n) is 2.43. The molecule has 1 aromatic rings. The molecule has 0 aliphatic carbocycles. The second-order valence-corrected chi connectivity index (χ2v) is 5.97. The Kier molecular flexibility index (Phi) is 6.06. The first-order valence-electron chi connectivity index (χ1n) is 6.14. The van der Waals surface area contributed by atoms with Crippen LogP contribution < -0.4 is 5.09 Å². The first kappa shape index (κ1) is 15.7. The smallest absolute Gasteiger partial charge is 0.324 e. The van der Waals surface area contributed by atoms with Crippen LogP contribution in [0.15, 0.2) is 24.3 Å². The molecule has 5 nitrogen and oxygen atoms in total. The van der Waals surface area contributed by atoms with Crippen molar-refractivity contribution in [1.82, 2.24) is 5.09 Å². The zero-order chi connectivity index (χ0) is 14.4. The molecule has 106 valence electrons. The molecule has 0 saturated heterocycles. The molecule has 2 N–H and O–H groups in total. The molecule has 0 saturated carbocycles. The molecule has 0 bridgehead atoms. The number of phenolic OH excluding ortho intramolecular Hbond substituents is 1. The molecular formula is C13H20NO4P. The molecular weight excluding hydrogens is 265 g/mol. The second-order valence-electron chi connectivity index (χ2n) is 4.57. The van der Waals surface area contributed by atoms with E-state index in [4.69, 9.17) is 4.74 Å². The van der Waals surface area contributed by atoms with Crippen LogP contribution >= 0.6 is 7.95 Å². The highest BCUT2D eigenvalue weighted by Gasteiger charge is 2.23. The van der Waals surface area contributed by atoms with Gasteiger partial charge >= 0.3 is 5.97 Å². The van der Waals surface area contributed by atoms with Crippen molar-refractivity contribution in [2.24, 2.45) is 0 Å². The third-order valence-corrected chi connectivity index (χ3v) is 3.18. The van der Waals surface area contributed by atoms with Crippen molar-refractivity contribution in [2.75, 3.05) is 6.66 Å². The van der Waals surface area contributed by atoms with E-state index in [1.807, 2.05) is 0 Å². The molecule has 0 heterocycles. The van der Waals surface area contributed by atoms with Crippen LogP contribution in [0.4, 0.5) is 0 Å². The van der Waals surface area contributed by atoms with Gasteiger partial charge in [0.25, 0.3) is 0 Å². The van der Waals surface area contributed by atoms with Crippen LogP contribution in [-0.4, -0.2) is 29.9 Å². The molecule has 0 radical (unpaired) electrons. The number of ether oxygens (including phenoxy) is 1. The van der Waals surface area contributed by atoms with E-state index in [-0.39, 0.29) is 18.3 Å². The van der Waals surface area contributed by atoms with E-state index in [0.29, 0.717) is 5.56 Å². The van der Waals surface area contributed by atoms with Crippen molar-refractivity contribution < 1.29 is 19.2 Å². The summed E-state index contributed by atoms with van der Waals surface area (Å²) in [7, 11) is -2.03. The van der Waals surface area contributed by atoms with E-state index in [2.05, 4.69) is 5.09 Å². The standard InChI is InChI=1S/C13H20NO4P/c1-9(2)18-13(16)11(14-19(3)17)8-10-6-4-5-7-12(10)15/h4-7,9,11,15,19H,8H2,1-3H3,(H,14,17)/t11-/m0/s1. The number of nitrogens with one attached hydrogen (secondary N) is 1. The molecule has 0 spiro atoms. The Balaban J connectivity index is 2.83. The number of para-hydroxylation sites is 1. The summed E-state index contributed by atoms with van der Waals surface area (Å²) in [5.74, 6) is -0.346. The minimum Gasteiger partial charge on any atom is -0.508 e. The highest BCUT2D eigenvalue weighted by molar-refractivity contribution is 7.41. The van der Waals surface area contributed by atoms with Gasteiger partial charge in [-0.05, 0) is 32.1 Å². The molecule has 0 aliphatic heterocycles. The summed E-state index contributed by atoms with van der Waals surface area (Å²) in [5.41, 5.74) is 0.615. The van der Waals surface area contributed by atoms with Gasteiger partial charge in [0.15, 0.2) is 0 Å². The molecule has 0 aliphatic rings. The molecule has 2 atom stereocenters. The van der Waals surface area contributed by atoms with Crippen LogP contribution in [0.2, 0.25) is 0 Å². The van der Waals surface area contributed by atoms with Crippen LogP contribution in [0, 0.1) is 0 Å². The fourth-order valence-corrected chi connectivity index (χ4v) is 2.37. The van der Waals surface area contributed by atoms with Crippen molar-refractivity contribution in [2.45, 2.75) is 32.4 Å². The number of carbonyl (C=O) groups is 1. The highest BCUT2D eigenvalue weighted by Crippen LogP contribution is 2.20. The van der Waals surface area contributed by atoms with Gasteiger partial charge in [-0.25, -0.2) is 0 Å². The summed E-state index contributed by atoms with van der Waals surface area (Å²) in [6, 6.07) is 6.03. The summed E-state index contributed by atoms with van der Waals surface area (Å²) in [5, 5.41) is 12.4. The van der Waals surface area contributed by atoms with Crippen molar-refractivity contribution in [3.05, 3.63) is 29.8 Å². The zero-order valence-electron chi connectivity index (χ0n) is 11.3. The van der Waals surface area contributed by atoms with E-state index in [1.54, 1.807) is 38.1 Å². The first-order valence-corrected chi connectivity index (χ1v) is 8.05. The fourth-order valence-electron chi connectivity index (χ4n) is 1.66. The Labute approximate surface area is 113 Å². The second kappa shape index (κ2) is 7.31. The van der Waals surface area contributed by atoms with E-state index in [0.717, 1.165) is 0 Å². The van der Waals surface area contributed by atoms with E-state index < -0.39 is 20.0 Å². The largest absolute Gasteiger partial charge is 0.508 e. The van der Waals surface area contributed by atoms with E-state index >= 15 is 0 Å². The van der Waals surface area contributed by atoms with Crippen LogP contribution in [0.3, 0.4) is 0 Å². The van der Waals surface area contributed by atoms with Gasteiger partial charge in [0.1, 0.15) is 19.7 Å². The molecule has 6 heteroatoms. The van der Waals surface area contributed by atoms with Crippen molar-refractivity contribution in [3.8, 4) is 5.75 Å². The van der Waals surface area contributed by atoms with Gasteiger partial charge in [-0.2, -0.15) is 0 Å². The molecule has 1 unspecified atom stereocenters. The van der Waals surface area contributed by atoms with Gasteiger partial charge in [0, 0.05) is 6.42 Å². The van der Waals surface area contributed by atoms with Gasteiger partial charge < -0.3 is 14.4 Å². The van der Waals surface area contributed by atoms with Crippen LogP contribution in [0.25, 0.3) is 0 Å². The predicted octanol–water partition coefficient (Wildman–Crippen LogP) is 1.95. The quantitative estimate of drug-likeness (QED) is 0.617. The lowest BCUT2D eigenvalue weighted by atomic mass is 10.1. The van der Waals surface area contributed by atoms with E-state index in [1.165, 1.54) is 6.66 Å². The Morgan fingerprint density at radius 1 is 1.42 bits per heavy atom. The summed E-state index contributed by atoms with van der Waals surface area (Å²) >= 11 is 0. The van der Waals surface area contributed by atoms with Gasteiger partial charge in [-0.15, -0.1) is 0 Å². The summed E-state index contributed by atoms with van der Waals surface area (Å²) < 4.78 is 16.4. The fraction of sp³-hybridized carbons (Fsp3) is 0.462. The van der Waals surface area contributed by atoms with Gasteiger partial charge in [-0.1, -0.05) is 18.2 Å². The molecule has 19 heavy (non-hydrogen) atoms. The number of phenols is 1. The lowest BCUT2D eigenvalue weighted by Crippen LogP contribution is -2.37. The maximum absolute atomic E-state index is 11.9. The molecule has 1 aromatic carbocycles. The lowest BCUT2D eigenvalue weighted by molar-refractivity contribution is -0.149. The topological polar surface area (TPSA) is 75.6 Å². The monoisotopic (exact) mass is 285 g/mol. The Bertz CT molecular complexity index is 462. The average Bonchev–Trinajstić information content (AvgIpc) is 2.29. The number of esters is 1. The molecule has 0 aromatic heterocycles. The van der Waals surface area contributed by atoms with Crippen LogP contribution in [0.5, 0.6) is 5.75 Å². The predicted molar refractivity (Wildman–Crippen MR) is 74.9 cm³/mol. The average molecular weight is 285 g/mol. The van der Waals surface area contributed by atoms with Crippen molar-refractivity contribution >= 4 is 13.9 Å². The number of hydrogen-bond acceptors (Lipinski definition) is 4. The number of aromatic hydroxyl groups is 1. The summed E-state index contributed by atoms with van der Waals surface area (Å²) in [6.07, 6.45) is 0.00278. The lowest BCUT2D eigenvalue weighted by Gasteiger charge is -2.18. The van der Waals surface area contributed by atoms with Crippen molar-refractivity contribution in [1.29, 1.82) is 0 Å². The Morgan fingerprint density at radius 3 is 2.58 bits per heavy atom. The van der Waals surface area contributed by atoms with Gasteiger partial charge in [0.05, 0.1) is 6.10 Å². The zero-order valence-corrected chi connectivity index (χ0v) is 12.3. The minimum atomic E-state index is -2.03.